The van der Waals surface area contributed by atoms with Gasteiger partial charge in [-0.2, -0.15) is 0 Å². The maximum atomic E-state index is 10.9. The van der Waals surface area contributed by atoms with E-state index in [0.717, 1.165) is 5.56 Å². The number of hydrogen-bond acceptors (Lipinski definition) is 4. The Bertz CT molecular complexity index is 582. The molecule has 5 nitrogen and oxygen atoms in total. The lowest BCUT2D eigenvalue weighted by molar-refractivity contribution is 0.0690. The molecule has 0 saturated heterocycles. The van der Waals surface area contributed by atoms with E-state index in [1.165, 1.54) is 12.4 Å². The van der Waals surface area contributed by atoms with Gasteiger partial charge in [0, 0.05) is 0 Å². The monoisotopic (exact) mass is 257 g/mol. The van der Waals surface area contributed by atoms with Crippen LogP contribution in [0.15, 0.2) is 42.7 Å². The molecule has 2 N–H and O–H groups in total. The zero-order valence-corrected chi connectivity index (χ0v) is 10.8. The molecule has 0 unspecified atom stereocenters. The van der Waals surface area contributed by atoms with Crippen molar-refractivity contribution in [3.05, 3.63) is 54.0 Å². The Morgan fingerprint density at radius 1 is 1.21 bits per heavy atom. The number of carbonyl (C=O) groups is 1. The van der Waals surface area contributed by atoms with Crippen LogP contribution in [0.3, 0.4) is 0 Å². The van der Waals surface area contributed by atoms with Crippen LogP contribution in [0.2, 0.25) is 0 Å². The molecule has 0 amide bonds. The van der Waals surface area contributed by atoms with E-state index in [2.05, 4.69) is 15.3 Å². The summed E-state index contributed by atoms with van der Waals surface area (Å²) in [4.78, 5) is 18.7. The summed E-state index contributed by atoms with van der Waals surface area (Å²) in [5, 5.41) is 12.1. The summed E-state index contributed by atoms with van der Waals surface area (Å²) < 4.78 is 0. The Kier molecular flexibility index (Phi) is 3.46. The normalized spacial score (nSPS) is 11.1. The van der Waals surface area contributed by atoms with Gasteiger partial charge in [-0.05, 0) is 19.4 Å². The zero-order chi connectivity index (χ0) is 13.9. The number of rotatable bonds is 4. The van der Waals surface area contributed by atoms with Crippen LogP contribution in [0, 0.1) is 0 Å². The number of carboxylic acid groups (broad SMARTS) is 1. The van der Waals surface area contributed by atoms with Crippen molar-refractivity contribution < 1.29 is 9.90 Å². The molecule has 0 fully saturated rings. The topological polar surface area (TPSA) is 75.1 Å². The first kappa shape index (κ1) is 13.0. The Morgan fingerprint density at radius 2 is 1.89 bits per heavy atom. The van der Waals surface area contributed by atoms with Crippen molar-refractivity contribution in [2.24, 2.45) is 0 Å². The number of anilines is 1. The average Bonchev–Trinajstić information content (AvgIpc) is 2.39. The van der Waals surface area contributed by atoms with E-state index in [1.54, 1.807) is 0 Å². The molecule has 0 spiro atoms. The quantitative estimate of drug-likeness (QED) is 0.880. The number of carboxylic acids is 1. The van der Waals surface area contributed by atoms with Crippen LogP contribution in [-0.4, -0.2) is 21.0 Å². The van der Waals surface area contributed by atoms with E-state index < -0.39 is 5.97 Å². The highest BCUT2D eigenvalue weighted by atomic mass is 16.4. The number of aromatic nitrogens is 2. The van der Waals surface area contributed by atoms with E-state index in [9.17, 15) is 4.79 Å². The molecule has 2 aromatic rings. The first-order valence-corrected chi connectivity index (χ1v) is 5.88. The molecule has 0 aliphatic carbocycles. The molecule has 0 atom stereocenters. The van der Waals surface area contributed by atoms with Crippen molar-refractivity contribution in [1.29, 1.82) is 0 Å². The van der Waals surface area contributed by atoms with Gasteiger partial charge in [-0.3, -0.25) is 4.98 Å². The lowest BCUT2D eigenvalue weighted by Crippen LogP contribution is -2.28. The van der Waals surface area contributed by atoms with Gasteiger partial charge in [0.15, 0.2) is 5.69 Å². The molecule has 0 aliphatic heterocycles. The Morgan fingerprint density at radius 3 is 2.53 bits per heavy atom. The van der Waals surface area contributed by atoms with Crippen LogP contribution < -0.4 is 5.32 Å². The molecule has 0 radical (unpaired) electrons. The van der Waals surface area contributed by atoms with Gasteiger partial charge in [-0.15, -0.1) is 0 Å². The molecule has 5 heteroatoms. The van der Waals surface area contributed by atoms with E-state index in [1.807, 2.05) is 44.2 Å². The van der Waals surface area contributed by atoms with E-state index in [-0.39, 0.29) is 11.2 Å². The van der Waals surface area contributed by atoms with Crippen molar-refractivity contribution in [1.82, 2.24) is 9.97 Å². The van der Waals surface area contributed by atoms with Crippen LogP contribution in [0.4, 0.5) is 5.82 Å². The fourth-order valence-electron chi connectivity index (χ4n) is 1.78. The van der Waals surface area contributed by atoms with Gasteiger partial charge in [0.2, 0.25) is 0 Å². The highest BCUT2D eigenvalue weighted by Gasteiger charge is 2.20. The summed E-state index contributed by atoms with van der Waals surface area (Å²) in [6.45, 7) is 3.99. The number of nitrogens with zero attached hydrogens (tertiary/aromatic N) is 2. The molecule has 19 heavy (non-hydrogen) atoms. The van der Waals surface area contributed by atoms with Crippen molar-refractivity contribution in [2.75, 3.05) is 5.32 Å². The highest BCUT2D eigenvalue weighted by Crippen LogP contribution is 2.24. The minimum Gasteiger partial charge on any atom is -0.476 e. The second-order valence-electron chi connectivity index (χ2n) is 4.71. The molecule has 2 rings (SSSR count). The minimum atomic E-state index is -1.09. The summed E-state index contributed by atoms with van der Waals surface area (Å²) in [5.74, 6) is -0.651. The third-order valence-electron chi connectivity index (χ3n) is 2.79. The first-order valence-electron chi connectivity index (χ1n) is 5.88. The highest BCUT2D eigenvalue weighted by molar-refractivity contribution is 5.85. The number of hydrogen-bond donors (Lipinski definition) is 2. The molecule has 98 valence electrons. The van der Waals surface area contributed by atoms with Gasteiger partial charge in [-0.1, -0.05) is 30.3 Å². The van der Waals surface area contributed by atoms with Gasteiger partial charge in [0.05, 0.1) is 17.9 Å². The minimum absolute atomic E-state index is 0.0751. The average molecular weight is 257 g/mol. The molecule has 1 aromatic heterocycles. The second kappa shape index (κ2) is 5.06. The molecule has 1 heterocycles. The lowest BCUT2D eigenvalue weighted by Gasteiger charge is -2.27. The fraction of sp³-hybridized carbons (Fsp3) is 0.214. The molecule has 0 bridgehead atoms. The molecule has 0 saturated carbocycles. The Hall–Kier alpha value is -2.43. The maximum absolute atomic E-state index is 10.9. The predicted molar refractivity (Wildman–Crippen MR) is 72.1 cm³/mol. The van der Waals surface area contributed by atoms with Gasteiger partial charge in [0.25, 0.3) is 0 Å². The maximum Gasteiger partial charge on any atom is 0.356 e. The van der Waals surface area contributed by atoms with Gasteiger partial charge in [-0.25, -0.2) is 9.78 Å². The summed E-state index contributed by atoms with van der Waals surface area (Å²) in [7, 11) is 0. The van der Waals surface area contributed by atoms with E-state index in [0.29, 0.717) is 5.82 Å². The number of benzene rings is 1. The van der Waals surface area contributed by atoms with Crippen LogP contribution >= 0.6 is 0 Å². The Balaban J connectivity index is 2.25. The third kappa shape index (κ3) is 3.07. The Labute approximate surface area is 111 Å². The first-order chi connectivity index (χ1) is 8.99. The molecular formula is C14H15N3O2. The second-order valence-corrected chi connectivity index (χ2v) is 4.71. The summed E-state index contributed by atoms with van der Waals surface area (Å²) >= 11 is 0. The van der Waals surface area contributed by atoms with Crippen molar-refractivity contribution >= 4 is 11.8 Å². The fourth-order valence-corrected chi connectivity index (χ4v) is 1.78. The smallest absolute Gasteiger partial charge is 0.356 e. The number of nitrogens with one attached hydrogen (secondary N) is 1. The predicted octanol–water partition coefficient (Wildman–Crippen LogP) is 2.52. The molecule has 1 aromatic carbocycles. The van der Waals surface area contributed by atoms with Crippen molar-refractivity contribution in [3.8, 4) is 0 Å². The summed E-state index contributed by atoms with van der Waals surface area (Å²) in [6, 6.07) is 9.86. The van der Waals surface area contributed by atoms with Gasteiger partial charge in [0.1, 0.15) is 5.82 Å². The molecule has 0 aliphatic rings. The lowest BCUT2D eigenvalue weighted by atomic mass is 9.94. The van der Waals surface area contributed by atoms with Crippen LogP contribution in [0.25, 0.3) is 0 Å². The molecular weight excluding hydrogens is 242 g/mol. The van der Waals surface area contributed by atoms with Gasteiger partial charge >= 0.3 is 5.97 Å². The summed E-state index contributed by atoms with van der Waals surface area (Å²) in [5.41, 5.74) is 0.638. The summed E-state index contributed by atoms with van der Waals surface area (Å²) in [6.07, 6.45) is 2.74. The van der Waals surface area contributed by atoms with Crippen molar-refractivity contribution in [2.45, 2.75) is 19.4 Å². The number of aromatic carboxylic acids is 1. The van der Waals surface area contributed by atoms with Crippen LogP contribution in [-0.2, 0) is 5.54 Å². The van der Waals surface area contributed by atoms with Crippen molar-refractivity contribution in [3.63, 3.8) is 0 Å². The van der Waals surface area contributed by atoms with Crippen LogP contribution in [0.1, 0.15) is 29.9 Å². The SMILES string of the molecule is CC(C)(Nc1cncc(C(=O)O)n1)c1ccccc1. The standard InChI is InChI=1S/C14H15N3O2/c1-14(2,10-6-4-3-5-7-10)17-12-9-15-8-11(16-12)13(18)19/h3-9H,1-2H3,(H,16,17)(H,18,19). The van der Waals surface area contributed by atoms with E-state index >= 15 is 0 Å². The largest absolute Gasteiger partial charge is 0.476 e. The van der Waals surface area contributed by atoms with Crippen LogP contribution in [0.5, 0.6) is 0 Å². The third-order valence-corrected chi connectivity index (χ3v) is 2.79. The zero-order valence-electron chi connectivity index (χ0n) is 10.8. The van der Waals surface area contributed by atoms with E-state index in [4.69, 9.17) is 5.11 Å². The van der Waals surface area contributed by atoms with Gasteiger partial charge < -0.3 is 10.4 Å².